The average molecular weight is 380 g/mol. The minimum absolute atomic E-state index is 0.257. The number of carbonyl (C=O) groups excluding carboxylic acids is 2. The van der Waals surface area contributed by atoms with Crippen molar-refractivity contribution in [2.24, 2.45) is 0 Å². The van der Waals surface area contributed by atoms with Crippen LogP contribution in [0.15, 0.2) is 78.9 Å². The van der Waals surface area contributed by atoms with Gasteiger partial charge in [0.05, 0.1) is 22.3 Å². The Hall–Kier alpha value is -3.99. The molecule has 1 aliphatic rings. The molecule has 4 aromatic rings. The molecule has 0 bridgehead atoms. The molecule has 140 valence electrons. The van der Waals surface area contributed by atoms with Gasteiger partial charge in [0.15, 0.2) is 0 Å². The number of benzene rings is 3. The fourth-order valence-corrected chi connectivity index (χ4v) is 3.51. The zero-order chi connectivity index (χ0) is 19.8. The van der Waals surface area contributed by atoms with Crippen LogP contribution in [0.5, 0.6) is 0 Å². The number of ether oxygens (including phenoxy) is 1. The molecule has 5 heteroatoms. The van der Waals surface area contributed by atoms with Gasteiger partial charge in [0.25, 0.3) is 5.91 Å². The summed E-state index contributed by atoms with van der Waals surface area (Å²) in [6, 6.07) is 24.3. The normalized spacial score (nSPS) is 12.5. The summed E-state index contributed by atoms with van der Waals surface area (Å²) in [5.41, 5.74) is 4.81. The fraction of sp³-hybridized carbons (Fsp3) is 0.0417. The van der Waals surface area contributed by atoms with Crippen LogP contribution in [0.4, 0.5) is 5.69 Å². The maximum atomic E-state index is 13.1. The van der Waals surface area contributed by atoms with Gasteiger partial charge in [-0.05, 0) is 24.3 Å². The number of nitrogens with zero attached hydrogens (tertiary/aromatic N) is 1. The van der Waals surface area contributed by atoms with Crippen molar-refractivity contribution in [3.05, 3.63) is 95.6 Å². The lowest BCUT2D eigenvalue weighted by Crippen LogP contribution is -2.13. The highest BCUT2D eigenvalue weighted by atomic mass is 16.5. The van der Waals surface area contributed by atoms with Gasteiger partial charge >= 0.3 is 5.97 Å². The number of nitrogens with one attached hydrogen (secondary N) is 1. The SMILES string of the molecule is O=C1OCc2ccc(NC(=O)c3cc(-c4ccccc4)nc4ccccc34)cc21. The Labute approximate surface area is 167 Å². The molecule has 0 aliphatic carbocycles. The second-order valence-corrected chi connectivity index (χ2v) is 6.84. The Morgan fingerprint density at radius 1 is 0.931 bits per heavy atom. The van der Waals surface area contributed by atoms with Gasteiger partial charge in [-0.3, -0.25) is 4.79 Å². The van der Waals surface area contributed by atoms with Crippen molar-refractivity contribution in [1.29, 1.82) is 0 Å². The van der Waals surface area contributed by atoms with E-state index in [9.17, 15) is 9.59 Å². The van der Waals surface area contributed by atoms with Crippen molar-refractivity contribution >= 4 is 28.5 Å². The summed E-state index contributed by atoms with van der Waals surface area (Å²) in [5, 5.41) is 3.67. The summed E-state index contributed by atoms with van der Waals surface area (Å²) in [6.07, 6.45) is 0. The molecule has 1 N–H and O–H groups in total. The minimum atomic E-state index is -0.364. The summed E-state index contributed by atoms with van der Waals surface area (Å²) < 4.78 is 5.03. The second kappa shape index (κ2) is 6.87. The molecule has 0 radical (unpaired) electrons. The third-order valence-corrected chi connectivity index (χ3v) is 4.98. The molecule has 0 spiro atoms. The van der Waals surface area contributed by atoms with Gasteiger partial charge in [-0.2, -0.15) is 0 Å². The fourth-order valence-electron chi connectivity index (χ4n) is 3.51. The molecule has 0 unspecified atom stereocenters. The number of pyridine rings is 1. The molecule has 5 nitrogen and oxygen atoms in total. The van der Waals surface area contributed by atoms with Crippen LogP contribution in [0.3, 0.4) is 0 Å². The Morgan fingerprint density at radius 3 is 2.59 bits per heavy atom. The standard InChI is InChI=1S/C24H16N2O3/c27-23(25-17-11-10-16-14-29-24(28)19(16)12-17)20-13-22(15-6-2-1-3-7-15)26-21-9-5-4-8-18(20)21/h1-13H,14H2,(H,25,27). The summed E-state index contributed by atoms with van der Waals surface area (Å²) in [4.78, 5) is 29.7. The minimum Gasteiger partial charge on any atom is -0.457 e. The van der Waals surface area contributed by atoms with E-state index in [0.29, 0.717) is 16.8 Å². The largest absolute Gasteiger partial charge is 0.457 e. The highest BCUT2D eigenvalue weighted by molar-refractivity contribution is 6.13. The first-order valence-electron chi connectivity index (χ1n) is 9.26. The van der Waals surface area contributed by atoms with Crippen molar-refractivity contribution < 1.29 is 14.3 Å². The molecular weight excluding hydrogens is 364 g/mol. The Balaban J connectivity index is 1.56. The van der Waals surface area contributed by atoms with Gasteiger partial charge < -0.3 is 10.1 Å². The summed E-state index contributed by atoms with van der Waals surface area (Å²) >= 11 is 0. The number of fused-ring (bicyclic) bond motifs is 2. The van der Waals surface area contributed by atoms with Crippen molar-refractivity contribution in [3.8, 4) is 11.3 Å². The first kappa shape index (κ1) is 17.1. The Kier molecular flexibility index (Phi) is 4.06. The molecule has 2 heterocycles. The van der Waals surface area contributed by atoms with E-state index < -0.39 is 0 Å². The molecule has 0 saturated carbocycles. The lowest BCUT2D eigenvalue weighted by atomic mass is 10.0. The van der Waals surface area contributed by atoms with E-state index in [1.807, 2.05) is 54.6 Å². The van der Waals surface area contributed by atoms with Crippen LogP contribution >= 0.6 is 0 Å². The average Bonchev–Trinajstić information content (AvgIpc) is 3.13. The number of anilines is 1. The van der Waals surface area contributed by atoms with Crippen LogP contribution < -0.4 is 5.32 Å². The summed E-state index contributed by atoms with van der Waals surface area (Å²) in [6.45, 7) is 0.276. The lowest BCUT2D eigenvalue weighted by Gasteiger charge is -2.11. The molecule has 29 heavy (non-hydrogen) atoms. The van der Waals surface area contributed by atoms with Crippen molar-refractivity contribution in [1.82, 2.24) is 4.98 Å². The quantitative estimate of drug-likeness (QED) is 0.517. The van der Waals surface area contributed by atoms with E-state index in [-0.39, 0.29) is 18.5 Å². The molecule has 3 aromatic carbocycles. The van der Waals surface area contributed by atoms with Crippen molar-refractivity contribution in [2.45, 2.75) is 6.61 Å². The maximum Gasteiger partial charge on any atom is 0.338 e. The van der Waals surface area contributed by atoms with E-state index in [2.05, 4.69) is 5.32 Å². The third-order valence-electron chi connectivity index (χ3n) is 4.98. The Morgan fingerprint density at radius 2 is 1.72 bits per heavy atom. The molecule has 0 atom stereocenters. The van der Waals surface area contributed by atoms with E-state index in [0.717, 1.165) is 27.7 Å². The highest BCUT2D eigenvalue weighted by Crippen LogP contribution is 2.27. The number of aromatic nitrogens is 1. The van der Waals surface area contributed by atoms with Crippen LogP contribution in [-0.4, -0.2) is 16.9 Å². The molecule has 1 amide bonds. The smallest absolute Gasteiger partial charge is 0.338 e. The molecule has 1 aromatic heterocycles. The molecule has 5 rings (SSSR count). The number of hydrogen-bond acceptors (Lipinski definition) is 4. The van der Waals surface area contributed by atoms with E-state index >= 15 is 0 Å². The second-order valence-electron chi connectivity index (χ2n) is 6.84. The highest BCUT2D eigenvalue weighted by Gasteiger charge is 2.22. The van der Waals surface area contributed by atoms with E-state index in [1.54, 1.807) is 24.3 Å². The van der Waals surface area contributed by atoms with Gasteiger partial charge in [-0.1, -0.05) is 54.6 Å². The number of esters is 1. The van der Waals surface area contributed by atoms with E-state index in [4.69, 9.17) is 9.72 Å². The van der Waals surface area contributed by atoms with Gasteiger partial charge in [-0.25, -0.2) is 9.78 Å². The third kappa shape index (κ3) is 3.12. The topological polar surface area (TPSA) is 68.3 Å². The number of rotatable bonds is 3. The van der Waals surface area contributed by atoms with Crippen LogP contribution in [0.25, 0.3) is 22.2 Å². The van der Waals surface area contributed by atoms with Crippen molar-refractivity contribution in [2.75, 3.05) is 5.32 Å². The summed E-state index contributed by atoms with van der Waals surface area (Å²) in [5.74, 6) is -0.621. The van der Waals surface area contributed by atoms with Gasteiger partial charge in [0, 0.05) is 22.2 Å². The van der Waals surface area contributed by atoms with Crippen LogP contribution in [-0.2, 0) is 11.3 Å². The number of hydrogen-bond donors (Lipinski definition) is 1. The van der Waals surface area contributed by atoms with Crippen LogP contribution in [0.1, 0.15) is 26.3 Å². The number of cyclic esters (lactones) is 1. The van der Waals surface area contributed by atoms with Gasteiger partial charge in [-0.15, -0.1) is 0 Å². The van der Waals surface area contributed by atoms with E-state index in [1.165, 1.54) is 0 Å². The number of amides is 1. The van der Waals surface area contributed by atoms with Crippen LogP contribution in [0, 0.1) is 0 Å². The molecule has 0 fully saturated rings. The predicted octanol–water partition coefficient (Wildman–Crippen LogP) is 4.82. The maximum absolute atomic E-state index is 13.1. The first-order valence-corrected chi connectivity index (χ1v) is 9.26. The molecular formula is C24H16N2O3. The zero-order valence-corrected chi connectivity index (χ0v) is 15.4. The van der Waals surface area contributed by atoms with Crippen LogP contribution in [0.2, 0.25) is 0 Å². The zero-order valence-electron chi connectivity index (χ0n) is 15.4. The molecule has 1 aliphatic heterocycles. The number of carbonyl (C=O) groups is 2. The number of para-hydroxylation sites is 1. The van der Waals surface area contributed by atoms with Gasteiger partial charge in [0.2, 0.25) is 0 Å². The van der Waals surface area contributed by atoms with Crippen molar-refractivity contribution in [3.63, 3.8) is 0 Å². The predicted molar refractivity (Wildman–Crippen MR) is 111 cm³/mol. The Bertz CT molecular complexity index is 1270. The van der Waals surface area contributed by atoms with Gasteiger partial charge in [0.1, 0.15) is 6.61 Å². The molecule has 0 saturated heterocycles. The lowest BCUT2D eigenvalue weighted by molar-refractivity contribution is 0.0535. The monoisotopic (exact) mass is 380 g/mol. The first-order chi connectivity index (χ1) is 14.2. The summed E-state index contributed by atoms with van der Waals surface area (Å²) in [7, 11) is 0.